The predicted octanol–water partition coefficient (Wildman–Crippen LogP) is 4.17. The van der Waals surface area contributed by atoms with E-state index >= 15 is 4.39 Å². The Bertz CT molecular complexity index is 1340. The fourth-order valence-electron chi connectivity index (χ4n) is 4.64. The lowest BCUT2D eigenvalue weighted by Gasteiger charge is -2.33. The number of thioether (sulfide) groups is 1. The van der Waals surface area contributed by atoms with E-state index in [0.717, 1.165) is 6.07 Å². The van der Waals surface area contributed by atoms with Crippen LogP contribution in [0.2, 0.25) is 5.02 Å². The molecule has 0 unspecified atom stereocenters. The van der Waals surface area contributed by atoms with Gasteiger partial charge < -0.3 is 5.73 Å². The van der Waals surface area contributed by atoms with E-state index in [0.29, 0.717) is 33.7 Å². The number of hydrogen-bond donors (Lipinski definition) is 1. The number of benzene rings is 1. The maximum atomic E-state index is 15.1. The normalized spacial score (nSPS) is 26.5. The summed E-state index contributed by atoms with van der Waals surface area (Å²) in [6.45, 7) is 3.21. The number of rotatable bonds is 4. The standard InChI is InChI=1S/C22H18ClF2N5OS/c1-10(31)22-7-17(22)21(2,30-20(26)32-22)13-3-11(4-14(24)18(13)25)5-15-19-16(29-9-28-15)6-12(23)8-27-19/h3-4,6,8-9,17H,5,7H2,1-2H3,(H2,26,30)/t17-,21+,22+/m0/s1. The van der Waals surface area contributed by atoms with Crippen molar-refractivity contribution >= 4 is 45.3 Å². The SMILES string of the molecule is CC(=O)[C@]12C[C@H]1[C@@](C)(c1cc(Cc3ncnc4cc(Cl)cnc34)cc(F)c1F)N=C(N)S2. The summed E-state index contributed by atoms with van der Waals surface area (Å²) in [5.41, 5.74) is 7.09. The van der Waals surface area contributed by atoms with Crippen molar-refractivity contribution < 1.29 is 13.6 Å². The van der Waals surface area contributed by atoms with Gasteiger partial charge in [-0.2, -0.15) is 0 Å². The van der Waals surface area contributed by atoms with Crippen molar-refractivity contribution in [1.29, 1.82) is 0 Å². The highest BCUT2D eigenvalue weighted by atomic mass is 35.5. The van der Waals surface area contributed by atoms with Crippen LogP contribution in [0.5, 0.6) is 0 Å². The smallest absolute Gasteiger partial charge is 0.164 e. The first-order chi connectivity index (χ1) is 15.1. The lowest BCUT2D eigenvalue weighted by atomic mass is 9.84. The molecule has 6 nitrogen and oxygen atoms in total. The largest absolute Gasteiger partial charge is 0.378 e. The summed E-state index contributed by atoms with van der Waals surface area (Å²) >= 11 is 7.21. The third-order valence-electron chi connectivity index (χ3n) is 6.34. The van der Waals surface area contributed by atoms with Crippen LogP contribution in [0.3, 0.4) is 0 Å². The second kappa shape index (κ2) is 7.18. The summed E-state index contributed by atoms with van der Waals surface area (Å²) in [5.74, 6) is -2.28. The van der Waals surface area contributed by atoms with Gasteiger partial charge in [-0.05, 0) is 44.0 Å². The molecule has 164 valence electrons. The number of carbonyl (C=O) groups is 1. The first-order valence-electron chi connectivity index (χ1n) is 9.93. The van der Waals surface area contributed by atoms with Crippen LogP contribution in [0.25, 0.3) is 11.0 Å². The van der Waals surface area contributed by atoms with Crippen LogP contribution in [0.1, 0.15) is 37.1 Å². The second-order valence-corrected chi connectivity index (χ2v) is 10.1. The van der Waals surface area contributed by atoms with E-state index in [1.807, 2.05) is 0 Å². The first kappa shape index (κ1) is 21.2. The molecule has 3 aromatic rings. The molecule has 2 N–H and O–H groups in total. The zero-order valence-electron chi connectivity index (χ0n) is 17.2. The van der Waals surface area contributed by atoms with Gasteiger partial charge >= 0.3 is 0 Å². The van der Waals surface area contributed by atoms with Crippen LogP contribution in [-0.2, 0) is 16.8 Å². The molecule has 0 amide bonds. The fourth-order valence-corrected chi connectivity index (χ4v) is 6.17. The molecular formula is C22H18ClF2N5OS. The molecular weight excluding hydrogens is 456 g/mol. The summed E-state index contributed by atoms with van der Waals surface area (Å²) in [7, 11) is 0. The zero-order valence-corrected chi connectivity index (χ0v) is 18.8. The maximum absolute atomic E-state index is 15.1. The number of amidine groups is 1. The fraction of sp³-hybridized carbons (Fsp3) is 0.318. The Morgan fingerprint density at radius 2 is 2.06 bits per heavy atom. The molecule has 10 heteroatoms. The molecule has 1 aromatic carbocycles. The molecule has 1 aliphatic heterocycles. The number of carbonyl (C=O) groups excluding carboxylic acids is 1. The summed E-state index contributed by atoms with van der Waals surface area (Å²) in [6, 6.07) is 4.39. The summed E-state index contributed by atoms with van der Waals surface area (Å²) in [6.07, 6.45) is 3.58. The number of aliphatic imine (C=N–C) groups is 1. The topological polar surface area (TPSA) is 94.1 Å². The maximum Gasteiger partial charge on any atom is 0.164 e. The van der Waals surface area contributed by atoms with Gasteiger partial charge in [0.15, 0.2) is 16.8 Å². The average Bonchev–Trinajstić information content (AvgIpc) is 3.47. The van der Waals surface area contributed by atoms with Gasteiger partial charge in [0, 0.05) is 24.1 Å². The molecule has 1 fully saturated rings. The van der Waals surface area contributed by atoms with Crippen molar-refractivity contribution in [3.63, 3.8) is 0 Å². The quantitative estimate of drug-likeness (QED) is 0.611. The Hall–Kier alpha value is -2.65. The van der Waals surface area contributed by atoms with E-state index in [-0.39, 0.29) is 28.9 Å². The molecule has 5 rings (SSSR count). The lowest BCUT2D eigenvalue weighted by molar-refractivity contribution is -0.117. The van der Waals surface area contributed by atoms with Crippen LogP contribution in [0.15, 0.2) is 35.7 Å². The van der Waals surface area contributed by atoms with Crippen molar-refractivity contribution in [2.45, 2.75) is 37.0 Å². The van der Waals surface area contributed by atoms with Crippen molar-refractivity contribution in [3.8, 4) is 0 Å². The first-order valence-corrected chi connectivity index (χ1v) is 11.1. The van der Waals surface area contributed by atoms with Gasteiger partial charge in [-0.3, -0.25) is 14.8 Å². The number of hydrogen-bond acceptors (Lipinski definition) is 7. The Kier molecular flexibility index (Phi) is 4.76. The average molecular weight is 474 g/mol. The molecule has 0 radical (unpaired) electrons. The van der Waals surface area contributed by atoms with Crippen molar-refractivity contribution in [1.82, 2.24) is 15.0 Å². The van der Waals surface area contributed by atoms with E-state index in [1.165, 1.54) is 31.2 Å². The number of nitrogens with zero attached hydrogens (tertiary/aromatic N) is 4. The minimum Gasteiger partial charge on any atom is -0.378 e. The van der Waals surface area contributed by atoms with E-state index in [4.69, 9.17) is 17.3 Å². The molecule has 3 atom stereocenters. The van der Waals surface area contributed by atoms with Gasteiger partial charge in [0.05, 0.1) is 26.5 Å². The molecule has 1 aliphatic carbocycles. The third-order valence-corrected chi connectivity index (χ3v) is 7.95. The monoisotopic (exact) mass is 473 g/mol. The highest BCUT2D eigenvalue weighted by molar-refractivity contribution is 8.15. The van der Waals surface area contributed by atoms with Gasteiger partial charge in [-0.1, -0.05) is 23.4 Å². The van der Waals surface area contributed by atoms with Crippen LogP contribution in [0.4, 0.5) is 8.78 Å². The van der Waals surface area contributed by atoms with Gasteiger partial charge in [-0.25, -0.2) is 18.7 Å². The Balaban J connectivity index is 1.60. The zero-order chi connectivity index (χ0) is 22.8. The molecule has 0 saturated heterocycles. The van der Waals surface area contributed by atoms with Crippen molar-refractivity contribution in [2.75, 3.05) is 0 Å². The van der Waals surface area contributed by atoms with Crippen LogP contribution in [-0.4, -0.2) is 30.6 Å². The van der Waals surface area contributed by atoms with E-state index in [9.17, 15) is 9.18 Å². The molecule has 2 aromatic heterocycles. The third kappa shape index (κ3) is 3.17. The Labute approximate surface area is 191 Å². The molecule has 2 aliphatic rings. The second-order valence-electron chi connectivity index (χ2n) is 8.36. The molecule has 0 spiro atoms. The minimum absolute atomic E-state index is 0.0363. The van der Waals surface area contributed by atoms with E-state index in [2.05, 4.69) is 19.9 Å². The van der Waals surface area contributed by atoms with Gasteiger partial charge in [0.1, 0.15) is 17.6 Å². The lowest BCUT2D eigenvalue weighted by Crippen LogP contribution is -2.39. The van der Waals surface area contributed by atoms with Gasteiger partial charge in [0.25, 0.3) is 0 Å². The molecule has 32 heavy (non-hydrogen) atoms. The molecule has 3 heterocycles. The van der Waals surface area contributed by atoms with Crippen molar-refractivity contribution in [3.05, 3.63) is 64.2 Å². The van der Waals surface area contributed by atoms with Crippen molar-refractivity contribution in [2.24, 2.45) is 16.6 Å². The van der Waals surface area contributed by atoms with E-state index in [1.54, 1.807) is 19.1 Å². The summed E-state index contributed by atoms with van der Waals surface area (Å²) in [4.78, 5) is 29.5. The number of aromatic nitrogens is 3. The number of halogens is 3. The molecule has 0 bridgehead atoms. The van der Waals surface area contributed by atoms with Crippen LogP contribution >= 0.6 is 23.4 Å². The highest BCUT2D eigenvalue weighted by Crippen LogP contribution is 2.66. The number of ketones is 1. The van der Waals surface area contributed by atoms with E-state index < -0.39 is 21.9 Å². The van der Waals surface area contributed by atoms with Gasteiger partial charge in [-0.15, -0.1) is 0 Å². The number of nitrogens with two attached hydrogens (primary N) is 1. The predicted molar refractivity (Wildman–Crippen MR) is 120 cm³/mol. The Morgan fingerprint density at radius 1 is 1.28 bits per heavy atom. The Morgan fingerprint density at radius 3 is 2.81 bits per heavy atom. The van der Waals surface area contributed by atoms with Crippen LogP contribution < -0.4 is 5.73 Å². The minimum atomic E-state index is -1.15. The summed E-state index contributed by atoms with van der Waals surface area (Å²) < 4.78 is 29.1. The highest BCUT2D eigenvalue weighted by Gasteiger charge is 2.69. The summed E-state index contributed by atoms with van der Waals surface area (Å²) in [5, 5.41) is 0.638. The van der Waals surface area contributed by atoms with Crippen LogP contribution in [0, 0.1) is 17.6 Å². The van der Waals surface area contributed by atoms with Gasteiger partial charge in [0.2, 0.25) is 0 Å². The number of pyridine rings is 1. The molecule has 1 saturated carbocycles. The number of fused-ring (bicyclic) bond motifs is 2. The number of Topliss-reactive ketones (excluding diaryl/α,β-unsaturated/α-hetero) is 1.